The number of rotatable bonds is 1. The van der Waals surface area contributed by atoms with Crippen LogP contribution in [0.4, 0.5) is 0 Å². The molecule has 3 rings (SSSR count). The molecule has 2 aliphatic rings. The molecule has 0 amide bonds. The van der Waals surface area contributed by atoms with Crippen LogP contribution in [-0.4, -0.2) is 18.0 Å². The van der Waals surface area contributed by atoms with Gasteiger partial charge in [0.15, 0.2) is 5.90 Å². The van der Waals surface area contributed by atoms with Crippen LogP contribution in [0.1, 0.15) is 38.8 Å². The minimum absolute atomic E-state index is 0.103. The predicted octanol–water partition coefficient (Wildman–Crippen LogP) is 3.81. The summed E-state index contributed by atoms with van der Waals surface area (Å²) in [6, 6.07) is 8.55. The molecule has 0 spiro atoms. The summed E-state index contributed by atoms with van der Waals surface area (Å²) >= 11 is 0. The Balaban J connectivity index is 2.15. The zero-order valence-corrected chi connectivity index (χ0v) is 12.1. The number of fused-ring (bicyclic) bond motifs is 1. The molecule has 0 unspecified atom stereocenters. The first-order valence-corrected chi connectivity index (χ1v) is 6.94. The topological polar surface area (TPSA) is 21.6 Å². The Hall–Kier alpha value is -1.57. The molecule has 1 aromatic carbocycles. The summed E-state index contributed by atoms with van der Waals surface area (Å²) in [6.07, 6.45) is 4.47. The van der Waals surface area contributed by atoms with Crippen molar-refractivity contribution in [1.29, 1.82) is 0 Å². The summed E-state index contributed by atoms with van der Waals surface area (Å²) in [5.74, 6) is 1.27. The van der Waals surface area contributed by atoms with Crippen LogP contribution in [0.2, 0.25) is 0 Å². The van der Waals surface area contributed by atoms with Crippen molar-refractivity contribution >= 4 is 12.0 Å². The summed E-state index contributed by atoms with van der Waals surface area (Å²) < 4.78 is 5.95. The molecule has 0 aromatic heterocycles. The lowest BCUT2D eigenvalue weighted by atomic mass is 9.67. The summed E-state index contributed by atoms with van der Waals surface area (Å²) in [7, 11) is 0. The Labute approximate surface area is 115 Å². The smallest absolute Gasteiger partial charge is 0.195 e. The van der Waals surface area contributed by atoms with Crippen molar-refractivity contribution in [3.05, 3.63) is 41.5 Å². The highest BCUT2D eigenvalue weighted by molar-refractivity contribution is 5.92. The van der Waals surface area contributed by atoms with Gasteiger partial charge in [0.2, 0.25) is 0 Å². The summed E-state index contributed by atoms with van der Waals surface area (Å²) in [5, 5.41) is 0. The molecule has 100 valence electrons. The summed E-state index contributed by atoms with van der Waals surface area (Å²) in [4.78, 5) is 4.83. The van der Waals surface area contributed by atoms with Gasteiger partial charge in [0.1, 0.15) is 6.61 Å². The first-order valence-electron chi connectivity index (χ1n) is 6.94. The summed E-state index contributed by atoms with van der Waals surface area (Å²) in [6.45, 7) is 9.41. The van der Waals surface area contributed by atoms with Gasteiger partial charge < -0.3 is 4.74 Å². The highest BCUT2D eigenvalue weighted by atomic mass is 16.5. The minimum Gasteiger partial charge on any atom is -0.478 e. The van der Waals surface area contributed by atoms with Gasteiger partial charge in [-0.05, 0) is 37.8 Å². The van der Waals surface area contributed by atoms with Crippen LogP contribution in [0.3, 0.4) is 0 Å². The third-order valence-electron chi connectivity index (χ3n) is 4.41. The maximum absolute atomic E-state index is 5.95. The second-order valence-electron chi connectivity index (χ2n) is 6.46. The fraction of sp³-hybridized carbons (Fsp3) is 0.471. The van der Waals surface area contributed by atoms with E-state index in [0.29, 0.717) is 12.5 Å². The number of benzene rings is 1. The maximum atomic E-state index is 5.95. The monoisotopic (exact) mass is 255 g/mol. The Kier molecular flexibility index (Phi) is 2.60. The van der Waals surface area contributed by atoms with E-state index in [1.807, 2.05) is 0 Å². The lowest BCUT2D eigenvalue weighted by Crippen LogP contribution is -2.40. The SMILES string of the molecule is C[C@H]1C=Cc2ccccc2[C@@]1(C)C1=NC(C)(C)CO1. The molecule has 1 heterocycles. The van der Waals surface area contributed by atoms with Gasteiger partial charge in [0, 0.05) is 0 Å². The molecule has 0 N–H and O–H groups in total. The highest BCUT2D eigenvalue weighted by Gasteiger charge is 2.45. The van der Waals surface area contributed by atoms with Crippen LogP contribution >= 0.6 is 0 Å². The molecule has 1 aliphatic carbocycles. The fourth-order valence-electron chi connectivity index (χ4n) is 2.96. The molecule has 1 aliphatic heterocycles. The molecule has 2 heteroatoms. The lowest BCUT2D eigenvalue weighted by molar-refractivity contribution is 0.252. The van der Waals surface area contributed by atoms with Crippen molar-refractivity contribution in [3.8, 4) is 0 Å². The first-order chi connectivity index (χ1) is 8.93. The van der Waals surface area contributed by atoms with Gasteiger partial charge in [-0.2, -0.15) is 0 Å². The predicted molar refractivity (Wildman–Crippen MR) is 79.5 cm³/mol. The number of ether oxygens (including phenoxy) is 1. The van der Waals surface area contributed by atoms with E-state index in [2.05, 4.69) is 64.1 Å². The molecule has 0 fully saturated rings. The molecule has 1 aromatic rings. The highest BCUT2D eigenvalue weighted by Crippen LogP contribution is 2.43. The molecule has 0 saturated carbocycles. The molecule has 2 atom stereocenters. The number of allylic oxidation sites excluding steroid dienone is 1. The van der Waals surface area contributed by atoms with Crippen LogP contribution in [0, 0.1) is 5.92 Å². The van der Waals surface area contributed by atoms with E-state index in [9.17, 15) is 0 Å². The van der Waals surface area contributed by atoms with Crippen LogP contribution in [0.25, 0.3) is 6.08 Å². The fourth-order valence-corrected chi connectivity index (χ4v) is 2.96. The zero-order chi connectivity index (χ0) is 13.7. The van der Waals surface area contributed by atoms with E-state index in [1.54, 1.807) is 0 Å². The van der Waals surface area contributed by atoms with E-state index in [0.717, 1.165) is 5.90 Å². The van der Waals surface area contributed by atoms with Crippen LogP contribution in [0.5, 0.6) is 0 Å². The standard InChI is InChI=1S/C17H21NO/c1-12-9-10-13-7-5-6-8-14(13)17(12,4)15-18-16(2,3)11-19-15/h5-10,12H,11H2,1-4H3/t12-,17-/m0/s1. The Bertz CT molecular complexity index is 570. The van der Waals surface area contributed by atoms with Crippen molar-refractivity contribution in [2.45, 2.75) is 38.6 Å². The van der Waals surface area contributed by atoms with Gasteiger partial charge in [0.25, 0.3) is 0 Å². The molecule has 0 bridgehead atoms. The lowest BCUT2D eigenvalue weighted by Gasteiger charge is -2.37. The Morgan fingerprint density at radius 3 is 2.63 bits per heavy atom. The molecular formula is C17H21NO. The number of hydrogen-bond donors (Lipinski definition) is 0. The van der Waals surface area contributed by atoms with Crippen molar-refractivity contribution < 1.29 is 4.74 Å². The maximum Gasteiger partial charge on any atom is 0.195 e. The van der Waals surface area contributed by atoms with Crippen molar-refractivity contribution in [3.63, 3.8) is 0 Å². The van der Waals surface area contributed by atoms with E-state index in [-0.39, 0.29) is 11.0 Å². The van der Waals surface area contributed by atoms with Crippen molar-refractivity contribution in [1.82, 2.24) is 0 Å². The minimum atomic E-state index is -0.154. The summed E-state index contributed by atoms with van der Waals surface area (Å²) in [5.41, 5.74) is 2.34. The average molecular weight is 255 g/mol. The van der Waals surface area contributed by atoms with E-state index in [1.165, 1.54) is 11.1 Å². The van der Waals surface area contributed by atoms with Gasteiger partial charge in [-0.1, -0.05) is 43.3 Å². The van der Waals surface area contributed by atoms with Gasteiger partial charge in [-0.15, -0.1) is 0 Å². The normalized spacial score (nSPS) is 31.6. The molecule has 0 saturated heterocycles. The third-order valence-corrected chi connectivity index (χ3v) is 4.41. The molecule has 0 radical (unpaired) electrons. The average Bonchev–Trinajstić information content (AvgIpc) is 2.75. The molecule has 19 heavy (non-hydrogen) atoms. The first kappa shape index (κ1) is 12.5. The van der Waals surface area contributed by atoms with Gasteiger partial charge in [0.05, 0.1) is 11.0 Å². The van der Waals surface area contributed by atoms with Gasteiger partial charge in [-0.25, -0.2) is 4.99 Å². The number of aliphatic imine (C=N–C) groups is 1. The van der Waals surface area contributed by atoms with Gasteiger partial charge in [-0.3, -0.25) is 0 Å². The second-order valence-corrected chi connectivity index (χ2v) is 6.46. The second kappa shape index (κ2) is 3.96. The van der Waals surface area contributed by atoms with Gasteiger partial charge >= 0.3 is 0 Å². The van der Waals surface area contributed by atoms with Crippen LogP contribution in [0.15, 0.2) is 35.3 Å². The quantitative estimate of drug-likeness (QED) is 0.747. The largest absolute Gasteiger partial charge is 0.478 e. The Morgan fingerprint density at radius 1 is 1.21 bits per heavy atom. The van der Waals surface area contributed by atoms with E-state index < -0.39 is 0 Å². The number of hydrogen-bond acceptors (Lipinski definition) is 2. The van der Waals surface area contributed by atoms with Crippen LogP contribution in [-0.2, 0) is 10.2 Å². The zero-order valence-electron chi connectivity index (χ0n) is 12.1. The van der Waals surface area contributed by atoms with E-state index in [4.69, 9.17) is 9.73 Å². The number of nitrogens with zero attached hydrogens (tertiary/aromatic N) is 1. The molecule has 2 nitrogen and oxygen atoms in total. The van der Waals surface area contributed by atoms with Crippen LogP contribution < -0.4 is 0 Å². The molecular weight excluding hydrogens is 234 g/mol. The van der Waals surface area contributed by atoms with E-state index >= 15 is 0 Å². The third kappa shape index (κ3) is 1.81. The van der Waals surface area contributed by atoms with Crippen molar-refractivity contribution in [2.24, 2.45) is 10.9 Å². The Morgan fingerprint density at radius 2 is 1.95 bits per heavy atom. The van der Waals surface area contributed by atoms with Crippen molar-refractivity contribution in [2.75, 3.05) is 6.61 Å².